The highest BCUT2D eigenvalue weighted by Gasteiger charge is 2.06. The predicted molar refractivity (Wildman–Crippen MR) is 76.8 cm³/mol. The number of nitrogens with one attached hydrogen (secondary N) is 1. The fourth-order valence-electron chi connectivity index (χ4n) is 2.08. The molecule has 1 aromatic carbocycles. The molecule has 0 saturated heterocycles. The van der Waals surface area contributed by atoms with Crippen LogP contribution in [0.15, 0.2) is 48.8 Å². The number of fused-ring (bicyclic) bond motifs is 1. The molecule has 3 rings (SSSR count). The molecule has 1 N–H and O–H groups in total. The smallest absolute Gasteiger partial charge is 0.228 e. The number of nitrogens with zero attached hydrogens (tertiary/aromatic N) is 2. The Morgan fingerprint density at radius 2 is 2.20 bits per heavy atom. The van der Waals surface area contributed by atoms with Gasteiger partial charge in [0, 0.05) is 36.8 Å². The third-order valence-electron chi connectivity index (χ3n) is 3.10. The number of ether oxygens (including phenoxy) is 1. The number of aromatic nitrogens is 2. The molecular formula is C15H14FN3O. The third-order valence-corrected chi connectivity index (χ3v) is 3.10. The van der Waals surface area contributed by atoms with Crippen LogP contribution in [-0.2, 0) is 0 Å². The molecule has 0 atom stereocenters. The molecule has 0 saturated carbocycles. The van der Waals surface area contributed by atoms with E-state index in [1.807, 2.05) is 48.1 Å². The molecule has 0 bridgehead atoms. The molecule has 5 heteroatoms. The minimum atomic E-state index is -0.833. The molecule has 20 heavy (non-hydrogen) atoms. The Balaban J connectivity index is 2.03. The quantitative estimate of drug-likeness (QED) is 0.791. The van der Waals surface area contributed by atoms with Crippen LogP contribution in [0, 0.1) is 0 Å². The van der Waals surface area contributed by atoms with Gasteiger partial charge in [-0.1, -0.05) is 12.1 Å². The molecule has 0 unspecified atom stereocenters. The highest BCUT2D eigenvalue weighted by molar-refractivity contribution is 5.66. The second kappa shape index (κ2) is 5.21. The van der Waals surface area contributed by atoms with E-state index in [9.17, 15) is 4.39 Å². The molecule has 0 aliphatic carbocycles. The molecule has 0 spiro atoms. The van der Waals surface area contributed by atoms with Crippen molar-refractivity contribution in [2.75, 3.05) is 19.2 Å². The van der Waals surface area contributed by atoms with E-state index < -0.39 is 6.86 Å². The van der Waals surface area contributed by atoms with Gasteiger partial charge in [-0.2, -0.15) is 0 Å². The summed E-state index contributed by atoms with van der Waals surface area (Å²) in [4.78, 5) is 4.57. The van der Waals surface area contributed by atoms with Gasteiger partial charge in [-0.3, -0.25) is 0 Å². The normalized spacial score (nSPS) is 10.7. The average molecular weight is 271 g/mol. The van der Waals surface area contributed by atoms with Crippen LogP contribution in [-0.4, -0.2) is 23.3 Å². The van der Waals surface area contributed by atoms with E-state index in [2.05, 4.69) is 10.3 Å². The number of hydrogen-bond acceptors (Lipinski definition) is 3. The fraction of sp³-hybridized carbons (Fsp3) is 0.133. The predicted octanol–water partition coefficient (Wildman–Crippen LogP) is 3.35. The van der Waals surface area contributed by atoms with Crippen LogP contribution in [0.4, 0.5) is 10.1 Å². The number of rotatable bonds is 4. The average Bonchev–Trinajstić information content (AvgIpc) is 2.90. The molecular weight excluding hydrogens is 257 g/mol. The number of alkyl halides is 1. The molecule has 102 valence electrons. The standard InChI is InChI=1S/C15H14FN3O/c1-17-12-5-6-19-9-14(18-15(19)8-12)11-3-2-4-13(7-11)20-10-16/h2-9,17H,10H2,1H3. The van der Waals surface area contributed by atoms with E-state index in [1.165, 1.54) is 0 Å². The van der Waals surface area contributed by atoms with E-state index in [-0.39, 0.29) is 0 Å². The molecule has 0 aliphatic rings. The number of halogens is 1. The highest BCUT2D eigenvalue weighted by atomic mass is 19.1. The Hall–Kier alpha value is -2.56. The summed E-state index contributed by atoms with van der Waals surface area (Å²) in [6, 6.07) is 11.2. The maximum absolute atomic E-state index is 12.2. The van der Waals surface area contributed by atoms with Gasteiger partial charge in [0.2, 0.25) is 6.86 Å². The summed E-state index contributed by atoms with van der Waals surface area (Å²) in [5.41, 5.74) is 3.57. The van der Waals surface area contributed by atoms with E-state index in [0.29, 0.717) is 5.75 Å². The van der Waals surface area contributed by atoms with Crippen molar-refractivity contribution in [3.8, 4) is 17.0 Å². The first-order valence-corrected chi connectivity index (χ1v) is 6.26. The van der Waals surface area contributed by atoms with Crippen LogP contribution >= 0.6 is 0 Å². The molecule has 0 fully saturated rings. The largest absolute Gasteiger partial charge is 0.463 e. The van der Waals surface area contributed by atoms with Gasteiger partial charge >= 0.3 is 0 Å². The summed E-state index contributed by atoms with van der Waals surface area (Å²) in [6.45, 7) is -0.833. The van der Waals surface area contributed by atoms with E-state index >= 15 is 0 Å². The lowest BCUT2D eigenvalue weighted by Crippen LogP contribution is -1.89. The Kier molecular flexibility index (Phi) is 3.25. The van der Waals surface area contributed by atoms with Gasteiger partial charge in [0.15, 0.2) is 0 Å². The molecule has 2 heterocycles. The number of hydrogen-bond donors (Lipinski definition) is 1. The molecule has 3 aromatic rings. The first-order chi connectivity index (χ1) is 9.80. The molecule has 2 aromatic heterocycles. The zero-order chi connectivity index (χ0) is 13.9. The maximum atomic E-state index is 12.2. The summed E-state index contributed by atoms with van der Waals surface area (Å²) in [5.74, 6) is 0.498. The van der Waals surface area contributed by atoms with Crippen LogP contribution in [0.5, 0.6) is 5.75 Å². The van der Waals surface area contributed by atoms with Crippen molar-refractivity contribution >= 4 is 11.3 Å². The molecule has 4 nitrogen and oxygen atoms in total. The Morgan fingerprint density at radius 3 is 3.00 bits per heavy atom. The van der Waals surface area contributed by atoms with Gasteiger partial charge in [-0.05, 0) is 18.2 Å². The number of imidazole rings is 1. The minimum absolute atomic E-state index is 0.498. The summed E-state index contributed by atoms with van der Waals surface area (Å²) < 4.78 is 19.0. The van der Waals surface area contributed by atoms with Crippen molar-refractivity contribution in [1.29, 1.82) is 0 Å². The van der Waals surface area contributed by atoms with Crippen molar-refractivity contribution in [2.24, 2.45) is 0 Å². The number of benzene rings is 1. The van der Waals surface area contributed by atoms with Crippen molar-refractivity contribution in [3.05, 3.63) is 48.8 Å². The summed E-state index contributed by atoms with van der Waals surface area (Å²) in [7, 11) is 1.87. The van der Waals surface area contributed by atoms with Gasteiger partial charge in [0.05, 0.1) is 5.69 Å². The highest BCUT2D eigenvalue weighted by Crippen LogP contribution is 2.24. The molecule has 0 amide bonds. The lowest BCUT2D eigenvalue weighted by molar-refractivity contribution is 0.192. The Bertz CT molecular complexity index is 739. The SMILES string of the molecule is CNc1ccn2cc(-c3cccc(OCF)c3)nc2c1. The Labute approximate surface area is 115 Å². The van der Waals surface area contributed by atoms with Gasteiger partial charge in [0.25, 0.3) is 0 Å². The molecule has 0 radical (unpaired) electrons. The van der Waals surface area contributed by atoms with Gasteiger partial charge < -0.3 is 14.5 Å². The topological polar surface area (TPSA) is 38.6 Å². The van der Waals surface area contributed by atoms with Crippen LogP contribution in [0.3, 0.4) is 0 Å². The number of anilines is 1. The van der Waals surface area contributed by atoms with Crippen molar-refractivity contribution in [1.82, 2.24) is 9.38 Å². The van der Waals surface area contributed by atoms with Crippen molar-refractivity contribution in [3.63, 3.8) is 0 Å². The van der Waals surface area contributed by atoms with Crippen LogP contribution in [0.2, 0.25) is 0 Å². The summed E-state index contributed by atoms with van der Waals surface area (Å²) in [6.07, 6.45) is 3.88. The van der Waals surface area contributed by atoms with Crippen LogP contribution < -0.4 is 10.1 Å². The summed E-state index contributed by atoms with van der Waals surface area (Å²) in [5, 5.41) is 3.08. The van der Waals surface area contributed by atoms with E-state index in [0.717, 1.165) is 22.6 Å². The van der Waals surface area contributed by atoms with Crippen LogP contribution in [0.1, 0.15) is 0 Å². The fourth-order valence-corrected chi connectivity index (χ4v) is 2.08. The monoisotopic (exact) mass is 271 g/mol. The zero-order valence-electron chi connectivity index (χ0n) is 11.0. The first kappa shape index (κ1) is 12.5. The second-order valence-corrected chi connectivity index (χ2v) is 4.34. The lowest BCUT2D eigenvalue weighted by Gasteiger charge is -2.02. The lowest BCUT2D eigenvalue weighted by atomic mass is 10.1. The third kappa shape index (κ3) is 2.30. The maximum Gasteiger partial charge on any atom is 0.228 e. The molecule has 0 aliphatic heterocycles. The van der Waals surface area contributed by atoms with Gasteiger partial charge in [-0.15, -0.1) is 0 Å². The van der Waals surface area contributed by atoms with Crippen molar-refractivity contribution < 1.29 is 9.13 Å². The first-order valence-electron chi connectivity index (χ1n) is 6.26. The van der Waals surface area contributed by atoms with Gasteiger partial charge in [-0.25, -0.2) is 9.37 Å². The summed E-state index contributed by atoms with van der Waals surface area (Å²) >= 11 is 0. The number of pyridine rings is 1. The Morgan fingerprint density at radius 1 is 1.30 bits per heavy atom. The van der Waals surface area contributed by atoms with Crippen LogP contribution in [0.25, 0.3) is 16.9 Å². The minimum Gasteiger partial charge on any atom is -0.463 e. The van der Waals surface area contributed by atoms with Crippen molar-refractivity contribution in [2.45, 2.75) is 0 Å². The van der Waals surface area contributed by atoms with E-state index in [4.69, 9.17) is 4.74 Å². The zero-order valence-corrected chi connectivity index (χ0v) is 11.0. The second-order valence-electron chi connectivity index (χ2n) is 4.34. The van der Waals surface area contributed by atoms with E-state index in [1.54, 1.807) is 12.1 Å². The van der Waals surface area contributed by atoms with Gasteiger partial charge in [0.1, 0.15) is 11.4 Å².